The third-order valence-corrected chi connectivity index (χ3v) is 4.26. The van der Waals surface area contributed by atoms with Crippen molar-refractivity contribution in [2.24, 2.45) is 4.99 Å². The molecule has 1 aromatic carbocycles. The summed E-state index contributed by atoms with van der Waals surface area (Å²) in [5.74, 6) is 1.34. The number of ether oxygens (including phenoxy) is 1. The molecule has 0 aliphatic carbocycles. The first-order chi connectivity index (χ1) is 14.5. The summed E-state index contributed by atoms with van der Waals surface area (Å²) in [6, 6.07) is 8.29. The van der Waals surface area contributed by atoms with Gasteiger partial charge in [0.15, 0.2) is 5.96 Å². The van der Waals surface area contributed by atoms with Crippen LogP contribution in [0.25, 0.3) is 5.82 Å². The molecule has 7 nitrogen and oxygen atoms in total. The molecule has 0 saturated carbocycles. The van der Waals surface area contributed by atoms with Gasteiger partial charge in [0.05, 0.1) is 6.54 Å². The van der Waals surface area contributed by atoms with Crippen LogP contribution in [0.15, 0.2) is 60.2 Å². The predicted molar refractivity (Wildman–Crippen MR) is 111 cm³/mol. The zero-order valence-corrected chi connectivity index (χ0v) is 17.0. The Morgan fingerprint density at radius 2 is 2.10 bits per heavy atom. The number of aromatic nitrogens is 3. The topological polar surface area (TPSA) is 76.4 Å². The van der Waals surface area contributed by atoms with Gasteiger partial charge in [-0.3, -0.25) is 4.57 Å². The van der Waals surface area contributed by atoms with Crippen LogP contribution in [0.2, 0.25) is 5.02 Å². The third kappa shape index (κ3) is 6.15. The summed E-state index contributed by atoms with van der Waals surface area (Å²) >= 11 is 6.00. The number of guanidine groups is 1. The van der Waals surface area contributed by atoms with E-state index in [2.05, 4.69) is 30.3 Å². The lowest BCUT2D eigenvalue weighted by Gasteiger charge is -2.15. The second kappa shape index (κ2) is 10.5. The Balaban J connectivity index is 1.70. The van der Waals surface area contributed by atoms with Crippen LogP contribution in [0.4, 0.5) is 8.78 Å². The molecule has 2 N–H and O–H groups in total. The first-order valence-corrected chi connectivity index (χ1v) is 9.61. The minimum absolute atomic E-state index is 0.0665. The van der Waals surface area contributed by atoms with E-state index in [0.717, 1.165) is 11.4 Å². The smallest absolute Gasteiger partial charge is 0.387 e. The van der Waals surface area contributed by atoms with Crippen molar-refractivity contribution in [3.63, 3.8) is 0 Å². The van der Waals surface area contributed by atoms with E-state index >= 15 is 0 Å². The van der Waals surface area contributed by atoms with Crippen LogP contribution in [0.1, 0.15) is 18.1 Å². The van der Waals surface area contributed by atoms with Gasteiger partial charge in [0, 0.05) is 42.3 Å². The first kappa shape index (κ1) is 21.5. The van der Waals surface area contributed by atoms with Crippen LogP contribution in [-0.4, -0.2) is 33.7 Å². The van der Waals surface area contributed by atoms with E-state index in [1.165, 1.54) is 12.1 Å². The largest absolute Gasteiger partial charge is 0.434 e. The predicted octanol–water partition coefficient (Wildman–Crippen LogP) is 3.78. The summed E-state index contributed by atoms with van der Waals surface area (Å²) in [5, 5.41) is 6.67. The van der Waals surface area contributed by atoms with Gasteiger partial charge in [0.25, 0.3) is 0 Å². The number of nitrogens with one attached hydrogen (secondary N) is 2. The van der Waals surface area contributed by atoms with Gasteiger partial charge in [-0.25, -0.2) is 15.0 Å². The van der Waals surface area contributed by atoms with Crippen molar-refractivity contribution in [2.75, 3.05) is 6.54 Å². The van der Waals surface area contributed by atoms with E-state index < -0.39 is 6.61 Å². The summed E-state index contributed by atoms with van der Waals surface area (Å²) in [6.45, 7) is 0.271. The Kier molecular flexibility index (Phi) is 7.56. The Labute approximate surface area is 177 Å². The van der Waals surface area contributed by atoms with Crippen LogP contribution < -0.4 is 15.4 Å². The molecule has 0 atom stereocenters. The molecule has 0 amide bonds. The number of halogens is 3. The lowest BCUT2D eigenvalue weighted by Crippen LogP contribution is -2.36. The van der Waals surface area contributed by atoms with Gasteiger partial charge in [0.2, 0.25) is 0 Å². The number of rotatable bonds is 8. The monoisotopic (exact) mass is 434 g/mol. The van der Waals surface area contributed by atoms with E-state index in [0.29, 0.717) is 29.6 Å². The maximum atomic E-state index is 12.6. The number of imidazole rings is 1. The molecule has 0 fully saturated rings. The van der Waals surface area contributed by atoms with Gasteiger partial charge < -0.3 is 15.4 Å². The standard InChI is InChI=1S/C20H21ClF2N6O/c1-2-25-20(28-12-15-10-16(21)3-4-17(15)30-19(22)23)27-11-14-5-6-26-18(9-14)29-8-7-24-13-29/h3-10,13,19H,2,11-12H2,1H3,(H2,25,27,28). The summed E-state index contributed by atoms with van der Waals surface area (Å²) in [4.78, 5) is 12.9. The zero-order valence-electron chi connectivity index (χ0n) is 16.2. The Bertz CT molecular complexity index is 981. The molecule has 0 bridgehead atoms. The summed E-state index contributed by atoms with van der Waals surface area (Å²) < 4.78 is 31.7. The molecule has 0 unspecified atom stereocenters. The number of alkyl halides is 2. The van der Waals surface area contributed by atoms with Gasteiger partial charge in [0.1, 0.15) is 17.9 Å². The number of aliphatic imine (C=N–C) groups is 1. The minimum atomic E-state index is -2.91. The van der Waals surface area contributed by atoms with Crippen molar-refractivity contribution in [2.45, 2.75) is 26.6 Å². The van der Waals surface area contributed by atoms with Gasteiger partial charge >= 0.3 is 6.61 Å². The highest BCUT2D eigenvalue weighted by Crippen LogP contribution is 2.24. The van der Waals surface area contributed by atoms with Crippen molar-refractivity contribution in [1.82, 2.24) is 25.2 Å². The lowest BCUT2D eigenvalue weighted by atomic mass is 10.2. The number of nitrogens with zero attached hydrogens (tertiary/aromatic N) is 4. The molecule has 0 aliphatic rings. The second-order valence-electron chi connectivity index (χ2n) is 6.17. The number of pyridine rings is 1. The molecular weight excluding hydrogens is 414 g/mol. The van der Waals surface area contributed by atoms with E-state index in [-0.39, 0.29) is 12.3 Å². The van der Waals surface area contributed by atoms with E-state index in [9.17, 15) is 8.78 Å². The summed E-state index contributed by atoms with van der Waals surface area (Å²) in [5.41, 5.74) is 1.45. The minimum Gasteiger partial charge on any atom is -0.434 e. The Morgan fingerprint density at radius 1 is 1.23 bits per heavy atom. The average Bonchev–Trinajstić information content (AvgIpc) is 3.27. The van der Waals surface area contributed by atoms with Crippen molar-refractivity contribution in [1.29, 1.82) is 0 Å². The fourth-order valence-corrected chi connectivity index (χ4v) is 2.88. The van der Waals surface area contributed by atoms with Crippen molar-refractivity contribution in [3.8, 4) is 11.6 Å². The molecule has 10 heteroatoms. The Morgan fingerprint density at radius 3 is 2.83 bits per heavy atom. The first-order valence-electron chi connectivity index (χ1n) is 9.24. The fraction of sp³-hybridized carbons (Fsp3) is 0.250. The fourth-order valence-electron chi connectivity index (χ4n) is 2.68. The maximum absolute atomic E-state index is 12.6. The number of hydrogen-bond acceptors (Lipinski definition) is 4. The van der Waals surface area contributed by atoms with Crippen LogP contribution in [0.3, 0.4) is 0 Å². The highest BCUT2D eigenvalue weighted by molar-refractivity contribution is 6.30. The average molecular weight is 435 g/mol. The highest BCUT2D eigenvalue weighted by Gasteiger charge is 2.11. The Hall–Kier alpha value is -3.20. The molecule has 0 spiro atoms. The molecule has 0 radical (unpaired) electrons. The molecule has 3 aromatic rings. The third-order valence-electron chi connectivity index (χ3n) is 4.03. The van der Waals surface area contributed by atoms with Gasteiger partial charge in [-0.2, -0.15) is 8.78 Å². The molecule has 0 saturated heterocycles. The van der Waals surface area contributed by atoms with Gasteiger partial charge in [-0.1, -0.05) is 11.6 Å². The maximum Gasteiger partial charge on any atom is 0.387 e. The molecule has 2 heterocycles. The normalized spacial score (nSPS) is 11.6. The molecular formula is C20H21ClF2N6O. The van der Waals surface area contributed by atoms with Crippen LogP contribution >= 0.6 is 11.6 Å². The molecule has 3 rings (SSSR count). The quantitative estimate of drug-likeness (QED) is 0.417. The second-order valence-corrected chi connectivity index (χ2v) is 6.61. The lowest BCUT2D eigenvalue weighted by molar-refractivity contribution is -0.0504. The van der Waals surface area contributed by atoms with Crippen LogP contribution in [-0.2, 0) is 13.1 Å². The van der Waals surface area contributed by atoms with E-state index in [1.54, 1.807) is 29.4 Å². The number of hydrogen-bond donors (Lipinski definition) is 2. The van der Waals surface area contributed by atoms with Crippen LogP contribution in [0, 0.1) is 0 Å². The molecule has 158 valence electrons. The van der Waals surface area contributed by atoms with Gasteiger partial charge in [-0.15, -0.1) is 0 Å². The van der Waals surface area contributed by atoms with Crippen molar-refractivity contribution in [3.05, 3.63) is 71.4 Å². The van der Waals surface area contributed by atoms with E-state index in [1.807, 2.05) is 25.3 Å². The zero-order chi connectivity index (χ0) is 21.3. The van der Waals surface area contributed by atoms with Gasteiger partial charge in [-0.05, 0) is 42.8 Å². The molecule has 2 aromatic heterocycles. The van der Waals surface area contributed by atoms with E-state index in [4.69, 9.17) is 11.6 Å². The van der Waals surface area contributed by atoms with Crippen molar-refractivity contribution < 1.29 is 13.5 Å². The molecule has 30 heavy (non-hydrogen) atoms. The summed E-state index contributed by atoms with van der Waals surface area (Å²) in [7, 11) is 0. The molecule has 0 aliphatic heterocycles. The summed E-state index contributed by atoms with van der Waals surface area (Å²) in [6.07, 6.45) is 6.87. The van der Waals surface area contributed by atoms with Crippen LogP contribution in [0.5, 0.6) is 5.75 Å². The number of benzene rings is 1. The van der Waals surface area contributed by atoms with Crippen molar-refractivity contribution >= 4 is 17.6 Å². The SMILES string of the molecule is CCNC(=NCc1ccnc(-n2ccnc2)c1)NCc1cc(Cl)ccc1OC(F)F. The highest BCUT2D eigenvalue weighted by atomic mass is 35.5.